The van der Waals surface area contributed by atoms with E-state index in [0.717, 1.165) is 41.4 Å². The van der Waals surface area contributed by atoms with E-state index >= 15 is 0 Å². The van der Waals surface area contributed by atoms with Crippen molar-refractivity contribution in [3.8, 4) is 17.3 Å². The molecule has 0 atom stereocenters. The lowest BCUT2D eigenvalue weighted by Crippen LogP contribution is -2.08. The molecule has 0 aliphatic heterocycles. The topological polar surface area (TPSA) is 90.6 Å². The summed E-state index contributed by atoms with van der Waals surface area (Å²) in [7, 11) is 0. The van der Waals surface area contributed by atoms with Gasteiger partial charge in [0, 0.05) is 40.5 Å². The molecule has 0 saturated heterocycles. The first kappa shape index (κ1) is 23.9. The summed E-state index contributed by atoms with van der Waals surface area (Å²) < 4.78 is 36.6. The molecule has 192 valence electrons. The molecule has 6 rings (SSSR count). The van der Waals surface area contributed by atoms with E-state index in [1.54, 1.807) is 23.9 Å². The van der Waals surface area contributed by atoms with E-state index in [1.807, 2.05) is 31.2 Å². The second-order valence-corrected chi connectivity index (χ2v) is 9.11. The fourth-order valence-electron chi connectivity index (χ4n) is 4.83. The molecule has 0 fully saturated rings. The summed E-state index contributed by atoms with van der Waals surface area (Å²) in [6, 6.07) is 11.7. The van der Waals surface area contributed by atoms with Gasteiger partial charge in [0.05, 0.1) is 18.7 Å². The van der Waals surface area contributed by atoms with E-state index in [1.165, 1.54) is 12.1 Å². The zero-order valence-corrected chi connectivity index (χ0v) is 21.0. The molecule has 3 heterocycles. The van der Waals surface area contributed by atoms with Crippen LogP contribution in [0.3, 0.4) is 0 Å². The summed E-state index contributed by atoms with van der Waals surface area (Å²) in [6.45, 7) is 3.81. The van der Waals surface area contributed by atoms with Crippen molar-refractivity contribution in [1.82, 2.24) is 29.7 Å². The van der Waals surface area contributed by atoms with Crippen molar-refractivity contribution in [3.63, 3.8) is 0 Å². The molecule has 2 aromatic carbocycles. The van der Waals surface area contributed by atoms with Gasteiger partial charge in [0.25, 0.3) is 0 Å². The van der Waals surface area contributed by atoms with Crippen LogP contribution in [-0.2, 0) is 19.4 Å². The molecule has 8 nitrogen and oxygen atoms in total. The van der Waals surface area contributed by atoms with E-state index in [0.29, 0.717) is 35.6 Å². The third-order valence-corrected chi connectivity index (χ3v) is 6.56. The average molecular weight is 514 g/mol. The van der Waals surface area contributed by atoms with Gasteiger partial charge in [-0.1, -0.05) is 18.2 Å². The first-order valence-electron chi connectivity index (χ1n) is 12.5. The minimum Gasteiger partial charge on any atom is -0.494 e. The van der Waals surface area contributed by atoms with Gasteiger partial charge in [-0.3, -0.25) is 4.68 Å². The summed E-state index contributed by atoms with van der Waals surface area (Å²) >= 11 is 0. The first-order valence-corrected chi connectivity index (χ1v) is 12.5. The van der Waals surface area contributed by atoms with Crippen LogP contribution in [0.4, 0.5) is 20.4 Å². The summed E-state index contributed by atoms with van der Waals surface area (Å²) in [5.74, 6) is 1.21. The number of aryl methyl sites for hydroxylation is 2. The van der Waals surface area contributed by atoms with Crippen LogP contribution in [0.2, 0.25) is 0 Å². The largest absolute Gasteiger partial charge is 0.494 e. The highest BCUT2D eigenvalue weighted by Crippen LogP contribution is 2.33. The van der Waals surface area contributed by atoms with Gasteiger partial charge in [-0.25, -0.2) is 28.7 Å². The number of nitrogens with one attached hydrogen (secondary N) is 1. The molecule has 1 N–H and O–H groups in total. The molecule has 5 aromatic rings. The number of hydrogen-bond acceptors (Lipinski definition) is 7. The summed E-state index contributed by atoms with van der Waals surface area (Å²) in [4.78, 5) is 18.3. The highest BCUT2D eigenvalue weighted by atomic mass is 19.1. The number of hydrogen-bond donors (Lipinski definition) is 1. The zero-order valence-electron chi connectivity index (χ0n) is 21.0. The number of ether oxygens (including phenoxy) is 1. The molecule has 0 amide bonds. The van der Waals surface area contributed by atoms with Crippen LogP contribution < -0.4 is 10.1 Å². The van der Waals surface area contributed by atoms with E-state index in [2.05, 4.69) is 15.3 Å². The second-order valence-electron chi connectivity index (χ2n) is 9.11. The quantitative estimate of drug-likeness (QED) is 0.305. The van der Waals surface area contributed by atoms with Gasteiger partial charge in [0.1, 0.15) is 40.5 Å². The number of fused-ring (bicyclic) bond motifs is 2. The van der Waals surface area contributed by atoms with E-state index in [4.69, 9.17) is 19.8 Å². The maximum Gasteiger partial charge on any atom is 0.182 e. The maximum atomic E-state index is 14.9. The van der Waals surface area contributed by atoms with Crippen molar-refractivity contribution in [3.05, 3.63) is 82.9 Å². The maximum absolute atomic E-state index is 14.9. The lowest BCUT2D eigenvalue weighted by Gasteiger charge is -2.11. The zero-order chi connectivity index (χ0) is 26.2. The first-order chi connectivity index (χ1) is 18.5. The predicted octanol–water partition coefficient (Wildman–Crippen LogP) is 5.55. The van der Waals surface area contributed by atoms with Gasteiger partial charge in [-0.2, -0.15) is 5.10 Å². The fourth-order valence-corrected chi connectivity index (χ4v) is 4.83. The van der Waals surface area contributed by atoms with Crippen LogP contribution in [0.1, 0.15) is 36.0 Å². The summed E-state index contributed by atoms with van der Waals surface area (Å²) in [6.07, 6.45) is 4.38. The molecule has 0 unspecified atom stereocenters. The molecule has 0 saturated carbocycles. The standard InChI is InChI=1S/C28H25F2N7O/c1-3-38-17-13-21(29)20(22(30)14-17)15-37-24-10-5-4-7-19(24)26(36-37)28-33-23-9-6-8-18(23)27(35-28)34-25-11-12-31-16(2)32-25/h4-5,7,10-14H,3,6,8-9,15H2,1-2H3,(H,31,32,33,34,35). The number of anilines is 2. The number of benzene rings is 2. The Morgan fingerprint density at radius 2 is 1.84 bits per heavy atom. The van der Waals surface area contributed by atoms with Crippen molar-refractivity contribution < 1.29 is 13.5 Å². The molecular formula is C28H25F2N7O. The Bertz CT molecular complexity index is 1640. The van der Waals surface area contributed by atoms with E-state index in [-0.39, 0.29) is 17.9 Å². The van der Waals surface area contributed by atoms with Crippen molar-refractivity contribution in [2.45, 2.75) is 39.7 Å². The molecule has 3 aromatic heterocycles. The lowest BCUT2D eigenvalue weighted by atomic mass is 10.1. The summed E-state index contributed by atoms with van der Waals surface area (Å²) in [5, 5.41) is 8.88. The Morgan fingerprint density at radius 1 is 1.03 bits per heavy atom. The molecule has 1 aliphatic rings. The number of halogens is 2. The van der Waals surface area contributed by atoms with Gasteiger partial charge in [-0.05, 0) is 45.2 Å². The minimum atomic E-state index is -0.685. The van der Waals surface area contributed by atoms with Crippen LogP contribution in [0, 0.1) is 18.6 Å². The average Bonchev–Trinajstić information content (AvgIpc) is 3.52. The van der Waals surface area contributed by atoms with Gasteiger partial charge in [0.2, 0.25) is 0 Å². The number of rotatable bonds is 7. The highest BCUT2D eigenvalue weighted by Gasteiger charge is 2.24. The molecule has 0 bridgehead atoms. The Kier molecular flexibility index (Phi) is 6.15. The van der Waals surface area contributed by atoms with Crippen LogP contribution in [0.15, 0.2) is 48.7 Å². The normalized spacial score (nSPS) is 12.6. The van der Waals surface area contributed by atoms with Crippen molar-refractivity contribution in [2.75, 3.05) is 11.9 Å². The van der Waals surface area contributed by atoms with Gasteiger partial charge in [0.15, 0.2) is 5.82 Å². The minimum absolute atomic E-state index is 0.0929. The fraction of sp³-hybridized carbons (Fsp3) is 0.250. The Morgan fingerprint density at radius 3 is 2.63 bits per heavy atom. The third kappa shape index (κ3) is 4.42. The molecular weight excluding hydrogens is 488 g/mol. The highest BCUT2D eigenvalue weighted by molar-refractivity contribution is 5.92. The van der Waals surface area contributed by atoms with Crippen molar-refractivity contribution in [2.24, 2.45) is 0 Å². The Labute approximate surface area is 217 Å². The number of aromatic nitrogens is 6. The number of nitrogens with zero attached hydrogens (tertiary/aromatic N) is 6. The van der Waals surface area contributed by atoms with Crippen molar-refractivity contribution >= 4 is 22.5 Å². The molecule has 38 heavy (non-hydrogen) atoms. The van der Waals surface area contributed by atoms with E-state index in [9.17, 15) is 8.78 Å². The predicted molar refractivity (Wildman–Crippen MR) is 139 cm³/mol. The SMILES string of the molecule is CCOc1cc(F)c(Cn2nc(-c3nc4c(c(Nc5ccnc(C)n5)n3)CCC4)c3ccccc32)c(F)c1. The third-order valence-electron chi connectivity index (χ3n) is 6.56. The molecule has 0 radical (unpaired) electrons. The van der Waals surface area contributed by atoms with Crippen molar-refractivity contribution in [1.29, 1.82) is 0 Å². The monoisotopic (exact) mass is 513 g/mol. The Balaban J connectivity index is 1.43. The van der Waals surface area contributed by atoms with Crippen LogP contribution in [0.5, 0.6) is 5.75 Å². The summed E-state index contributed by atoms with van der Waals surface area (Å²) in [5.41, 5.74) is 3.20. The van der Waals surface area contributed by atoms with Gasteiger partial charge >= 0.3 is 0 Å². The van der Waals surface area contributed by atoms with E-state index < -0.39 is 11.6 Å². The van der Waals surface area contributed by atoms with Crippen LogP contribution in [-0.4, -0.2) is 36.3 Å². The van der Waals surface area contributed by atoms with Gasteiger partial charge in [-0.15, -0.1) is 0 Å². The van der Waals surface area contributed by atoms with Gasteiger partial charge < -0.3 is 10.1 Å². The molecule has 1 aliphatic carbocycles. The number of para-hydroxylation sites is 1. The van der Waals surface area contributed by atoms with Crippen LogP contribution in [0.25, 0.3) is 22.4 Å². The lowest BCUT2D eigenvalue weighted by molar-refractivity contribution is 0.335. The molecule has 10 heteroatoms. The smallest absolute Gasteiger partial charge is 0.182 e. The van der Waals surface area contributed by atoms with Crippen LogP contribution >= 0.6 is 0 Å². The molecule has 0 spiro atoms. The second kappa shape index (κ2) is 9.77. The Hall–Kier alpha value is -4.47.